The summed E-state index contributed by atoms with van der Waals surface area (Å²) in [4.78, 5) is 2.35. The van der Waals surface area contributed by atoms with Gasteiger partial charge in [0, 0.05) is 41.8 Å². The highest BCUT2D eigenvalue weighted by Crippen LogP contribution is 2.31. The summed E-state index contributed by atoms with van der Waals surface area (Å²) < 4.78 is 0. The molecule has 0 aliphatic carbocycles. The molecule has 0 spiro atoms. The minimum absolute atomic E-state index is 0.0874. The highest BCUT2D eigenvalue weighted by atomic mass is 35.5. The van der Waals surface area contributed by atoms with Crippen molar-refractivity contribution < 1.29 is 5.11 Å². The first kappa shape index (κ1) is 16.6. The summed E-state index contributed by atoms with van der Waals surface area (Å²) in [5, 5.41) is 14.1. The molecule has 3 nitrogen and oxygen atoms in total. The van der Waals surface area contributed by atoms with E-state index in [-0.39, 0.29) is 11.6 Å². The molecule has 0 aromatic heterocycles. The highest BCUT2D eigenvalue weighted by Gasteiger charge is 2.27. The maximum absolute atomic E-state index is 9.79. The van der Waals surface area contributed by atoms with E-state index in [1.165, 1.54) is 11.3 Å². The molecule has 0 radical (unpaired) electrons. The largest absolute Gasteiger partial charge is 0.393 e. The molecule has 1 heterocycles. The first-order chi connectivity index (χ1) is 9.76. The fourth-order valence-corrected chi connectivity index (χ4v) is 2.91. The van der Waals surface area contributed by atoms with Crippen molar-refractivity contribution in [2.75, 3.05) is 18.0 Å². The third-order valence-electron chi connectivity index (χ3n) is 4.10. The van der Waals surface area contributed by atoms with Crippen molar-refractivity contribution in [1.82, 2.24) is 5.32 Å². The van der Waals surface area contributed by atoms with Gasteiger partial charge in [0.2, 0.25) is 0 Å². The number of aliphatic hydroxyl groups is 1. The molecule has 2 rings (SSSR count). The van der Waals surface area contributed by atoms with Gasteiger partial charge < -0.3 is 15.3 Å². The molecule has 1 aliphatic rings. The highest BCUT2D eigenvalue weighted by molar-refractivity contribution is 6.30. The van der Waals surface area contributed by atoms with E-state index in [2.05, 4.69) is 37.1 Å². The number of hydrogen-bond donors (Lipinski definition) is 2. The summed E-state index contributed by atoms with van der Waals surface area (Å²) >= 11 is 6.19. The van der Waals surface area contributed by atoms with Gasteiger partial charge in [-0.3, -0.25) is 0 Å². The number of nitrogens with zero attached hydrogens (tertiary/aromatic N) is 1. The number of benzene rings is 1. The molecule has 2 atom stereocenters. The van der Waals surface area contributed by atoms with Gasteiger partial charge in [0.05, 0.1) is 6.10 Å². The zero-order valence-electron chi connectivity index (χ0n) is 13.5. The van der Waals surface area contributed by atoms with E-state index in [0.29, 0.717) is 5.92 Å². The molecule has 1 fully saturated rings. The maximum atomic E-state index is 9.79. The Kier molecular flexibility index (Phi) is 5.18. The predicted molar refractivity (Wildman–Crippen MR) is 90.0 cm³/mol. The Bertz CT molecular complexity index is 482. The lowest BCUT2D eigenvalue weighted by atomic mass is 10.0. The van der Waals surface area contributed by atoms with E-state index >= 15 is 0 Å². The molecule has 1 aliphatic heterocycles. The molecule has 118 valence electrons. The molecule has 4 heteroatoms. The van der Waals surface area contributed by atoms with E-state index in [1.54, 1.807) is 0 Å². The lowest BCUT2D eigenvalue weighted by Gasteiger charge is -2.26. The summed E-state index contributed by atoms with van der Waals surface area (Å²) in [5.41, 5.74) is 2.55. The van der Waals surface area contributed by atoms with Gasteiger partial charge in [-0.25, -0.2) is 0 Å². The van der Waals surface area contributed by atoms with Gasteiger partial charge >= 0.3 is 0 Å². The Morgan fingerprint density at radius 3 is 2.71 bits per heavy atom. The van der Waals surface area contributed by atoms with E-state index in [4.69, 9.17) is 11.6 Å². The molecule has 0 amide bonds. The summed E-state index contributed by atoms with van der Waals surface area (Å²) in [6, 6.07) is 6.10. The van der Waals surface area contributed by atoms with Crippen molar-refractivity contribution in [1.29, 1.82) is 0 Å². The smallest absolute Gasteiger partial charge is 0.0557 e. The van der Waals surface area contributed by atoms with Crippen LogP contribution in [0.2, 0.25) is 5.02 Å². The van der Waals surface area contributed by atoms with E-state index in [0.717, 1.165) is 31.1 Å². The minimum Gasteiger partial charge on any atom is -0.393 e. The average molecular weight is 311 g/mol. The fraction of sp³-hybridized carbons (Fsp3) is 0.647. The third kappa shape index (κ3) is 4.60. The summed E-state index contributed by atoms with van der Waals surface area (Å²) in [6.07, 6.45) is 0.793. The van der Waals surface area contributed by atoms with Crippen molar-refractivity contribution in [3.8, 4) is 0 Å². The van der Waals surface area contributed by atoms with Crippen LogP contribution in [0.25, 0.3) is 0 Å². The van der Waals surface area contributed by atoms with Crippen molar-refractivity contribution >= 4 is 17.3 Å². The molecule has 1 aromatic rings. The minimum atomic E-state index is -0.245. The Morgan fingerprint density at radius 2 is 2.14 bits per heavy atom. The Labute approximate surface area is 133 Å². The van der Waals surface area contributed by atoms with Crippen LogP contribution in [0.15, 0.2) is 18.2 Å². The summed E-state index contributed by atoms with van der Waals surface area (Å²) in [7, 11) is 0. The van der Waals surface area contributed by atoms with Crippen molar-refractivity contribution in [3.05, 3.63) is 28.8 Å². The number of halogens is 1. The second kappa shape index (κ2) is 6.55. The summed E-state index contributed by atoms with van der Waals surface area (Å²) in [6.45, 7) is 11.1. The maximum Gasteiger partial charge on any atom is 0.0557 e. The van der Waals surface area contributed by atoms with Crippen LogP contribution in [0.5, 0.6) is 0 Å². The number of rotatable bonds is 4. The lowest BCUT2D eigenvalue weighted by molar-refractivity contribution is 0.136. The zero-order chi connectivity index (χ0) is 15.6. The molecule has 2 unspecified atom stereocenters. The normalized spacial score (nSPS) is 20.9. The quantitative estimate of drug-likeness (QED) is 0.894. The summed E-state index contributed by atoms with van der Waals surface area (Å²) in [5.74, 6) is 0.354. The monoisotopic (exact) mass is 310 g/mol. The number of hydrogen-bond acceptors (Lipinski definition) is 3. The van der Waals surface area contributed by atoms with Crippen LogP contribution >= 0.6 is 11.6 Å². The number of anilines is 1. The van der Waals surface area contributed by atoms with Crippen LogP contribution < -0.4 is 10.2 Å². The van der Waals surface area contributed by atoms with Crippen LogP contribution in [-0.4, -0.2) is 29.8 Å². The second-order valence-corrected chi connectivity index (χ2v) is 7.55. The molecule has 21 heavy (non-hydrogen) atoms. The van der Waals surface area contributed by atoms with Crippen LogP contribution in [0.3, 0.4) is 0 Å². The SMILES string of the molecule is CC(O)C1CCN(c2cc(Cl)ccc2CNC(C)(C)C)C1. The van der Waals surface area contributed by atoms with Gasteiger partial charge in [0.25, 0.3) is 0 Å². The zero-order valence-corrected chi connectivity index (χ0v) is 14.2. The first-order valence-corrected chi connectivity index (χ1v) is 8.10. The first-order valence-electron chi connectivity index (χ1n) is 7.73. The predicted octanol–water partition coefficient (Wildman–Crippen LogP) is 3.44. The Morgan fingerprint density at radius 1 is 1.43 bits per heavy atom. The van der Waals surface area contributed by atoms with E-state index in [9.17, 15) is 5.11 Å². The fourth-order valence-electron chi connectivity index (χ4n) is 2.74. The molecule has 2 N–H and O–H groups in total. The van der Waals surface area contributed by atoms with Crippen molar-refractivity contribution in [3.63, 3.8) is 0 Å². The standard InChI is InChI=1S/C17H27ClN2O/c1-12(21)14-7-8-20(11-14)16-9-15(18)6-5-13(16)10-19-17(2,3)4/h5-6,9,12,14,19,21H,7-8,10-11H2,1-4H3. The Hall–Kier alpha value is -0.770. The molecule has 0 saturated carbocycles. The van der Waals surface area contributed by atoms with Crippen LogP contribution in [0.4, 0.5) is 5.69 Å². The molecular weight excluding hydrogens is 284 g/mol. The van der Waals surface area contributed by atoms with Gasteiger partial charge in [-0.1, -0.05) is 17.7 Å². The van der Waals surface area contributed by atoms with Crippen molar-refractivity contribution in [2.45, 2.75) is 52.3 Å². The van der Waals surface area contributed by atoms with Crippen LogP contribution in [0.1, 0.15) is 39.7 Å². The number of nitrogens with one attached hydrogen (secondary N) is 1. The van der Waals surface area contributed by atoms with E-state index in [1.807, 2.05) is 19.1 Å². The molecular formula is C17H27ClN2O. The van der Waals surface area contributed by atoms with E-state index < -0.39 is 0 Å². The van der Waals surface area contributed by atoms with Crippen molar-refractivity contribution in [2.24, 2.45) is 5.92 Å². The van der Waals surface area contributed by atoms with Gasteiger partial charge in [0.1, 0.15) is 0 Å². The molecule has 0 bridgehead atoms. The Balaban J connectivity index is 2.16. The second-order valence-electron chi connectivity index (χ2n) is 7.11. The van der Waals surface area contributed by atoms with Gasteiger partial charge in [0.15, 0.2) is 0 Å². The van der Waals surface area contributed by atoms with Crippen LogP contribution in [0, 0.1) is 5.92 Å². The third-order valence-corrected chi connectivity index (χ3v) is 4.34. The van der Waals surface area contributed by atoms with Gasteiger partial charge in [-0.2, -0.15) is 0 Å². The topological polar surface area (TPSA) is 35.5 Å². The molecule has 1 aromatic carbocycles. The van der Waals surface area contributed by atoms with Gasteiger partial charge in [-0.05, 0) is 51.8 Å². The van der Waals surface area contributed by atoms with Crippen LogP contribution in [-0.2, 0) is 6.54 Å². The number of aliphatic hydroxyl groups excluding tert-OH is 1. The average Bonchev–Trinajstić information content (AvgIpc) is 2.85. The lowest BCUT2D eigenvalue weighted by Crippen LogP contribution is -2.35. The van der Waals surface area contributed by atoms with Gasteiger partial charge in [-0.15, -0.1) is 0 Å². The molecule has 1 saturated heterocycles.